The third-order valence-corrected chi connectivity index (χ3v) is 2.08. The minimum absolute atomic E-state index is 0.256. The first-order valence-electron chi connectivity index (χ1n) is 4.25. The summed E-state index contributed by atoms with van der Waals surface area (Å²) < 4.78 is 4.83. The summed E-state index contributed by atoms with van der Waals surface area (Å²) in [6, 6.07) is 2.05. The van der Waals surface area contributed by atoms with E-state index in [1.54, 1.807) is 13.8 Å². The lowest BCUT2D eigenvalue weighted by Gasteiger charge is -2.22. The summed E-state index contributed by atoms with van der Waals surface area (Å²) in [7, 11) is 1.46. The summed E-state index contributed by atoms with van der Waals surface area (Å²) in [6.07, 6.45) is 0.0605. The van der Waals surface area contributed by atoms with Gasteiger partial charge in [0.2, 0.25) is 5.91 Å². The topological polar surface area (TPSA) is 62.1 Å². The van der Waals surface area contributed by atoms with Crippen molar-refractivity contribution >= 4 is 5.91 Å². The zero-order chi connectivity index (χ0) is 10.5. The van der Waals surface area contributed by atoms with E-state index in [0.29, 0.717) is 6.42 Å². The zero-order valence-corrected chi connectivity index (χ0v) is 8.55. The van der Waals surface area contributed by atoms with Gasteiger partial charge < -0.3 is 10.1 Å². The number of amides is 1. The first-order chi connectivity index (χ1) is 5.99. The lowest BCUT2D eigenvalue weighted by Crippen LogP contribution is -2.48. The van der Waals surface area contributed by atoms with E-state index in [2.05, 4.69) is 11.4 Å². The van der Waals surface area contributed by atoms with Crippen LogP contribution in [0.2, 0.25) is 0 Å². The molecule has 1 N–H and O–H groups in total. The molecule has 2 unspecified atom stereocenters. The molecule has 1 amide bonds. The van der Waals surface area contributed by atoms with Crippen molar-refractivity contribution < 1.29 is 9.53 Å². The number of nitriles is 1. The van der Waals surface area contributed by atoms with Crippen LogP contribution in [-0.4, -0.2) is 24.7 Å². The zero-order valence-electron chi connectivity index (χ0n) is 8.55. The van der Waals surface area contributed by atoms with Gasteiger partial charge in [0, 0.05) is 7.11 Å². The smallest absolute Gasteiger partial charge is 0.250 e. The van der Waals surface area contributed by atoms with Gasteiger partial charge in [0.15, 0.2) is 0 Å². The van der Waals surface area contributed by atoms with Crippen molar-refractivity contribution in [3.8, 4) is 6.07 Å². The van der Waals surface area contributed by atoms with Crippen LogP contribution in [0.1, 0.15) is 27.2 Å². The summed E-state index contributed by atoms with van der Waals surface area (Å²) in [6.45, 7) is 5.18. The first-order valence-corrected chi connectivity index (χ1v) is 4.25. The van der Waals surface area contributed by atoms with Gasteiger partial charge in [-0.15, -0.1) is 0 Å². The monoisotopic (exact) mass is 184 g/mol. The third-order valence-electron chi connectivity index (χ3n) is 2.08. The fraction of sp³-hybridized carbons (Fsp3) is 0.778. The Kier molecular flexibility index (Phi) is 4.43. The quantitative estimate of drug-likeness (QED) is 0.704. The Labute approximate surface area is 78.9 Å². The van der Waals surface area contributed by atoms with E-state index in [1.165, 1.54) is 7.11 Å². The highest BCUT2D eigenvalue weighted by Crippen LogP contribution is 2.07. The summed E-state index contributed by atoms with van der Waals surface area (Å²) in [5.74, 6) is -0.256. The van der Waals surface area contributed by atoms with Crippen LogP contribution in [0, 0.1) is 11.3 Å². The molecular weight excluding hydrogens is 168 g/mol. The van der Waals surface area contributed by atoms with Crippen LogP contribution in [0.4, 0.5) is 0 Å². The van der Waals surface area contributed by atoms with Crippen LogP contribution in [-0.2, 0) is 9.53 Å². The van der Waals surface area contributed by atoms with Crippen molar-refractivity contribution in [3.05, 3.63) is 0 Å². The molecule has 0 aliphatic carbocycles. The predicted molar refractivity (Wildman–Crippen MR) is 48.9 cm³/mol. The van der Waals surface area contributed by atoms with Gasteiger partial charge in [0.05, 0.1) is 6.07 Å². The van der Waals surface area contributed by atoms with Gasteiger partial charge in [-0.1, -0.05) is 6.92 Å². The Morgan fingerprint density at radius 1 is 1.77 bits per heavy atom. The average Bonchev–Trinajstić information content (AvgIpc) is 2.16. The molecule has 0 rings (SSSR count). The van der Waals surface area contributed by atoms with E-state index in [1.807, 2.05) is 6.92 Å². The number of carbonyl (C=O) groups is 1. The van der Waals surface area contributed by atoms with Crippen LogP contribution in [0.25, 0.3) is 0 Å². The molecule has 2 atom stereocenters. The van der Waals surface area contributed by atoms with Crippen molar-refractivity contribution in [1.82, 2.24) is 5.32 Å². The minimum Gasteiger partial charge on any atom is -0.372 e. The van der Waals surface area contributed by atoms with E-state index in [-0.39, 0.29) is 5.91 Å². The maximum Gasteiger partial charge on any atom is 0.250 e. The summed E-state index contributed by atoms with van der Waals surface area (Å²) in [4.78, 5) is 11.3. The van der Waals surface area contributed by atoms with Crippen molar-refractivity contribution in [1.29, 1.82) is 5.26 Å². The van der Waals surface area contributed by atoms with E-state index < -0.39 is 11.6 Å². The Bertz CT molecular complexity index is 222. The second-order valence-corrected chi connectivity index (χ2v) is 3.16. The van der Waals surface area contributed by atoms with E-state index in [9.17, 15) is 4.79 Å². The van der Waals surface area contributed by atoms with E-state index in [4.69, 9.17) is 10.00 Å². The largest absolute Gasteiger partial charge is 0.372 e. The molecule has 0 fully saturated rings. The molecule has 0 aliphatic rings. The molecule has 0 aromatic heterocycles. The highest BCUT2D eigenvalue weighted by Gasteiger charge is 2.25. The molecule has 0 spiro atoms. The SMILES string of the molecule is CCC(C)(C#N)NC(=O)C(C)OC. The molecule has 0 aromatic rings. The molecule has 4 nitrogen and oxygen atoms in total. The number of hydrogen-bond acceptors (Lipinski definition) is 3. The maximum absolute atomic E-state index is 11.3. The highest BCUT2D eigenvalue weighted by atomic mass is 16.5. The van der Waals surface area contributed by atoms with Crippen LogP contribution in [0.15, 0.2) is 0 Å². The van der Waals surface area contributed by atoms with Crippen molar-refractivity contribution in [2.45, 2.75) is 38.8 Å². The molecule has 74 valence electrons. The average molecular weight is 184 g/mol. The molecule has 0 heterocycles. The molecule has 0 bridgehead atoms. The minimum atomic E-state index is -0.788. The van der Waals surface area contributed by atoms with Crippen molar-refractivity contribution in [3.63, 3.8) is 0 Å². The lowest BCUT2D eigenvalue weighted by molar-refractivity contribution is -0.131. The van der Waals surface area contributed by atoms with Crippen LogP contribution in [0.5, 0.6) is 0 Å². The second-order valence-electron chi connectivity index (χ2n) is 3.16. The van der Waals surface area contributed by atoms with Gasteiger partial charge in [0.1, 0.15) is 11.6 Å². The van der Waals surface area contributed by atoms with Gasteiger partial charge in [0.25, 0.3) is 0 Å². The van der Waals surface area contributed by atoms with Crippen LogP contribution < -0.4 is 5.32 Å². The molecule has 0 saturated carbocycles. The first kappa shape index (κ1) is 11.9. The summed E-state index contributed by atoms with van der Waals surface area (Å²) in [5.41, 5.74) is -0.788. The molecular formula is C9H16N2O2. The van der Waals surface area contributed by atoms with Gasteiger partial charge >= 0.3 is 0 Å². The molecule has 0 aliphatic heterocycles. The number of carbonyl (C=O) groups excluding carboxylic acids is 1. The van der Waals surface area contributed by atoms with Gasteiger partial charge in [-0.25, -0.2) is 0 Å². The molecule has 13 heavy (non-hydrogen) atoms. The number of ether oxygens (including phenoxy) is 1. The standard InChI is InChI=1S/C9H16N2O2/c1-5-9(3,6-10)11-8(12)7(2)13-4/h7H,5H2,1-4H3,(H,11,12). The third kappa shape index (κ3) is 3.43. The van der Waals surface area contributed by atoms with Gasteiger partial charge in [-0.3, -0.25) is 4.79 Å². The fourth-order valence-electron chi connectivity index (χ4n) is 0.676. The number of nitrogens with zero attached hydrogens (tertiary/aromatic N) is 1. The Morgan fingerprint density at radius 2 is 2.31 bits per heavy atom. The molecule has 4 heteroatoms. The van der Waals surface area contributed by atoms with Gasteiger partial charge in [-0.05, 0) is 20.3 Å². The second kappa shape index (κ2) is 4.83. The van der Waals surface area contributed by atoms with Crippen molar-refractivity contribution in [2.24, 2.45) is 0 Å². The Hall–Kier alpha value is -1.08. The number of methoxy groups -OCH3 is 1. The Morgan fingerprint density at radius 3 is 2.62 bits per heavy atom. The maximum atomic E-state index is 11.3. The van der Waals surface area contributed by atoms with Gasteiger partial charge in [-0.2, -0.15) is 5.26 Å². The predicted octanol–water partition coefficient (Wildman–Crippen LogP) is 0.830. The summed E-state index contributed by atoms with van der Waals surface area (Å²) in [5, 5.41) is 11.4. The van der Waals surface area contributed by atoms with Crippen molar-refractivity contribution in [2.75, 3.05) is 7.11 Å². The van der Waals surface area contributed by atoms with E-state index in [0.717, 1.165) is 0 Å². The number of rotatable bonds is 4. The van der Waals surface area contributed by atoms with Crippen LogP contribution in [0.3, 0.4) is 0 Å². The molecule has 0 aromatic carbocycles. The molecule has 0 saturated heterocycles. The molecule has 0 radical (unpaired) electrons. The lowest BCUT2D eigenvalue weighted by atomic mass is 10.0. The summed E-state index contributed by atoms with van der Waals surface area (Å²) >= 11 is 0. The Balaban J connectivity index is 4.28. The van der Waals surface area contributed by atoms with Crippen LogP contribution >= 0.6 is 0 Å². The van der Waals surface area contributed by atoms with E-state index >= 15 is 0 Å². The highest BCUT2D eigenvalue weighted by molar-refractivity contribution is 5.81. The number of nitrogens with one attached hydrogen (secondary N) is 1. The fourth-order valence-corrected chi connectivity index (χ4v) is 0.676. The normalized spacial score (nSPS) is 16.8. The number of hydrogen-bond donors (Lipinski definition) is 1.